The lowest BCUT2D eigenvalue weighted by Crippen LogP contribution is -2.44. The standard InChI is InChI=1S/C9H18N6/c1-7(2)14-9(15-10)12-4-3-8-5-11-6-13-8/h5-7H,3-4,10H2,1-2H3,(H,11,13)(H2,12,14,15). The average molecular weight is 210 g/mol. The van der Waals surface area contributed by atoms with Crippen LogP contribution in [0.25, 0.3) is 0 Å². The molecule has 1 aromatic heterocycles. The van der Waals surface area contributed by atoms with E-state index in [9.17, 15) is 0 Å². The van der Waals surface area contributed by atoms with Crippen LogP contribution in [0.15, 0.2) is 17.5 Å². The van der Waals surface area contributed by atoms with E-state index in [1.165, 1.54) is 0 Å². The molecule has 0 aliphatic heterocycles. The molecular formula is C9H18N6. The summed E-state index contributed by atoms with van der Waals surface area (Å²) >= 11 is 0. The molecule has 0 saturated heterocycles. The van der Waals surface area contributed by atoms with Gasteiger partial charge in [-0.1, -0.05) is 0 Å². The quantitative estimate of drug-likeness (QED) is 0.239. The van der Waals surface area contributed by atoms with Crippen molar-refractivity contribution in [2.75, 3.05) is 6.54 Å². The normalized spacial score (nSPS) is 11.9. The molecule has 6 nitrogen and oxygen atoms in total. The van der Waals surface area contributed by atoms with Crippen LogP contribution >= 0.6 is 0 Å². The van der Waals surface area contributed by atoms with Gasteiger partial charge in [0.15, 0.2) is 0 Å². The van der Waals surface area contributed by atoms with Crippen molar-refractivity contribution in [2.24, 2.45) is 10.8 Å². The Balaban J connectivity index is 2.34. The van der Waals surface area contributed by atoms with Gasteiger partial charge in [-0.25, -0.2) is 10.8 Å². The third-order valence-corrected chi connectivity index (χ3v) is 1.77. The Hall–Kier alpha value is -1.56. The maximum atomic E-state index is 5.32. The molecule has 0 fully saturated rings. The fourth-order valence-corrected chi connectivity index (χ4v) is 1.12. The van der Waals surface area contributed by atoms with Crippen molar-refractivity contribution in [1.29, 1.82) is 0 Å². The van der Waals surface area contributed by atoms with Crippen molar-refractivity contribution in [3.8, 4) is 0 Å². The molecule has 0 saturated carbocycles. The van der Waals surface area contributed by atoms with Gasteiger partial charge in [0, 0.05) is 30.9 Å². The fraction of sp³-hybridized carbons (Fsp3) is 0.556. The Morgan fingerprint density at radius 3 is 3.00 bits per heavy atom. The summed E-state index contributed by atoms with van der Waals surface area (Å²) in [5.74, 6) is 5.93. The summed E-state index contributed by atoms with van der Waals surface area (Å²) in [6, 6.07) is 0.312. The summed E-state index contributed by atoms with van der Waals surface area (Å²) in [5, 5.41) is 3.10. The van der Waals surface area contributed by atoms with Gasteiger partial charge in [0.25, 0.3) is 0 Å². The SMILES string of the molecule is CC(C)NC(=NCCc1cnc[nH]1)NN. The molecule has 5 N–H and O–H groups in total. The van der Waals surface area contributed by atoms with Crippen LogP contribution in [-0.2, 0) is 6.42 Å². The second-order valence-corrected chi connectivity index (χ2v) is 3.50. The van der Waals surface area contributed by atoms with Gasteiger partial charge in [0.1, 0.15) is 0 Å². The van der Waals surface area contributed by atoms with E-state index in [4.69, 9.17) is 5.84 Å². The van der Waals surface area contributed by atoms with Crippen molar-refractivity contribution in [1.82, 2.24) is 20.7 Å². The largest absolute Gasteiger partial charge is 0.353 e. The Labute approximate surface area is 89.4 Å². The highest BCUT2D eigenvalue weighted by molar-refractivity contribution is 5.79. The molecule has 15 heavy (non-hydrogen) atoms. The smallest absolute Gasteiger partial charge is 0.205 e. The van der Waals surface area contributed by atoms with Crippen LogP contribution in [0, 0.1) is 0 Å². The highest BCUT2D eigenvalue weighted by Crippen LogP contribution is 1.92. The average Bonchev–Trinajstić information content (AvgIpc) is 2.68. The van der Waals surface area contributed by atoms with Gasteiger partial charge in [0.2, 0.25) is 5.96 Å². The zero-order valence-corrected chi connectivity index (χ0v) is 9.12. The summed E-state index contributed by atoms with van der Waals surface area (Å²) in [7, 11) is 0. The number of hydrazine groups is 1. The van der Waals surface area contributed by atoms with Gasteiger partial charge in [-0.2, -0.15) is 0 Å². The van der Waals surface area contributed by atoms with Crippen molar-refractivity contribution in [3.05, 3.63) is 18.2 Å². The van der Waals surface area contributed by atoms with E-state index in [0.717, 1.165) is 12.1 Å². The molecule has 0 aliphatic carbocycles. The van der Waals surface area contributed by atoms with Crippen LogP contribution in [-0.4, -0.2) is 28.5 Å². The second kappa shape index (κ2) is 6.02. The topological polar surface area (TPSA) is 91.1 Å². The number of nitrogens with two attached hydrogens (primary N) is 1. The molecule has 1 heterocycles. The Morgan fingerprint density at radius 1 is 1.67 bits per heavy atom. The highest BCUT2D eigenvalue weighted by Gasteiger charge is 1.98. The van der Waals surface area contributed by atoms with E-state index in [1.54, 1.807) is 12.5 Å². The zero-order valence-electron chi connectivity index (χ0n) is 9.12. The summed E-state index contributed by atoms with van der Waals surface area (Å²) < 4.78 is 0. The molecule has 0 atom stereocenters. The molecule has 0 spiro atoms. The number of nitrogens with zero attached hydrogens (tertiary/aromatic N) is 2. The lowest BCUT2D eigenvalue weighted by Gasteiger charge is -2.11. The van der Waals surface area contributed by atoms with Crippen molar-refractivity contribution >= 4 is 5.96 Å². The van der Waals surface area contributed by atoms with Crippen LogP contribution in [0.1, 0.15) is 19.5 Å². The molecule has 1 rings (SSSR count). The molecule has 0 radical (unpaired) electrons. The van der Waals surface area contributed by atoms with Gasteiger partial charge in [-0.05, 0) is 13.8 Å². The van der Waals surface area contributed by atoms with Gasteiger partial charge < -0.3 is 10.3 Å². The lowest BCUT2D eigenvalue weighted by molar-refractivity contribution is 0.701. The second-order valence-electron chi connectivity index (χ2n) is 3.50. The van der Waals surface area contributed by atoms with Gasteiger partial charge in [-0.3, -0.25) is 10.4 Å². The minimum absolute atomic E-state index is 0.312. The van der Waals surface area contributed by atoms with Crippen LogP contribution in [0.3, 0.4) is 0 Å². The molecular weight excluding hydrogens is 192 g/mol. The molecule has 0 aliphatic rings. The fourth-order valence-electron chi connectivity index (χ4n) is 1.12. The summed E-state index contributed by atoms with van der Waals surface area (Å²) in [4.78, 5) is 11.2. The van der Waals surface area contributed by atoms with Crippen molar-refractivity contribution < 1.29 is 0 Å². The van der Waals surface area contributed by atoms with E-state index in [1.807, 2.05) is 13.8 Å². The first-order chi connectivity index (χ1) is 7.22. The van der Waals surface area contributed by atoms with Crippen LogP contribution < -0.4 is 16.6 Å². The number of imidazole rings is 1. The van der Waals surface area contributed by atoms with Crippen LogP contribution in [0.2, 0.25) is 0 Å². The first kappa shape index (κ1) is 11.5. The molecule has 0 unspecified atom stereocenters. The van der Waals surface area contributed by atoms with Gasteiger partial charge in [-0.15, -0.1) is 0 Å². The third kappa shape index (κ3) is 4.46. The van der Waals surface area contributed by atoms with E-state index in [0.29, 0.717) is 18.5 Å². The Morgan fingerprint density at radius 2 is 2.47 bits per heavy atom. The Kier molecular flexibility index (Phi) is 4.62. The first-order valence-corrected chi connectivity index (χ1v) is 4.97. The van der Waals surface area contributed by atoms with E-state index in [2.05, 4.69) is 25.7 Å². The number of aromatic amines is 1. The third-order valence-electron chi connectivity index (χ3n) is 1.77. The van der Waals surface area contributed by atoms with Crippen molar-refractivity contribution in [2.45, 2.75) is 26.3 Å². The summed E-state index contributed by atoms with van der Waals surface area (Å²) in [6.07, 6.45) is 4.28. The van der Waals surface area contributed by atoms with Crippen molar-refractivity contribution in [3.63, 3.8) is 0 Å². The zero-order chi connectivity index (χ0) is 11.1. The molecule has 0 aromatic carbocycles. The number of aliphatic imine (C=N–C) groups is 1. The highest BCUT2D eigenvalue weighted by atomic mass is 15.3. The molecule has 0 amide bonds. The summed E-state index contributed by atoms with van der Waals surface area (Å²) in [5.41, 5.74) is 3.60. The van der Waals surface area contributed by atoms with E-state index in [-0.39, 0.29) is 0 Å². The number of hydrogen-bond donors (Lipinski definition) is 4. The summed E-state index contributed by atoms with van der Waals surface area (Å²) in [6.45, 7) is 4.73. The number of nitrogens with one attached hydrogen (secondary N) is 3. The van der Waals surface area contributed by atoms with Gasteiger partial charge in [0.05, 0.1) is 6.33 Å². The maximum Gasteiger partial charge on any atom is 0.205 e. The lowest BCUT2D eigenvalue weighted by atomic mass is 10.3. The molecule has 84 valence electrons. The predicted molar refractivity (Wildman–Crippen MR) is 60.2 cm³/mol. The molecule has 1 aromatic rings. The maximum absolute atomic E-state index is 5.32. The monoisotopic (exact) mass is 210 g/mol. The minimum Gasteiger partial charge on any atom is -0.353 e. The predicted octanol–water partition coefficient (Wildman–Crippen LogP) is -0.230. The number of H-pyrrole nitrogens is 1. The first-order valence-electron chi connectivity index (χ1n) is 4.97. The number of rotatable bonds is 4. The van der Waals surface area contributed by atoms with Crippen LogP contribution in [0.5, 0.6) is 0 Å². The number of guanidine groups is 1. The Bertz CT molecular complexity index is 290. The number of hydrogen-bond acceptors (Lipinski definition) is 3. The van der Waals surface area contributed by atoms with E-state index < -0.39 is 0 Å². The van der Waals surface area contributed by atoms with Gasteiger partial charge >= 0.3 is 0 Å². The molecule has 6 heteroatoms. The molecule has 0 bridgehead atoms. The van der Waals surface area contributed by atoms with Crippen LogP contribution in [0.4, 0.5) is 0 Å². The van der Waals surface area contributed by atoms with E-state index >= 15 is 0 Å². The minimum atomic E-state index is 0.312. The number of aromatic nitrogens is 2.